The summed E-state index contributed by atoms with van der Waals surface area (Å²) in [6.07, 6.45) is 2.74. The molecule has 162 valence electrons. The van der Waals surface area contributed by atoms with Crippen LogP contribution in [0.4, 0.5) is 0 Å². The molecule has 1 saturated heterocycles. The Hall–Kier alpha value is -3.38. The Morgan fingerprint density at radius 3 is 2.72 bits per heavy atom. The maximum atomic E-state index is 13.2. The molecule has 0 aliphatic carbocycles. The van der Waals surface area contributed by atoms with Crippen molar-refractivity contribution >= 4 is 40.8 Å². The summed E-state index contributed by atoms with van der Waals surface area (Å²) in [5.41, 5.74) is -0.447. The van der Waals surface area contributed by atoms with E-state index < -0.39 is 11.5 Å². The topological polar surface area (TPSA) is 96.9 Å². The van der Waals surface area contributed by atoms with Gasteiger partial charge in [0.05, 0.1) is 18.2 Å². The third-order valence-corrected chi connectivity index (χ3v) is 5.30. The summed E-state index contributed by atoms with van der Waals surface area (Å²) < 4.78 is 12.4. The second kappa shape index (κ2) is 9.40. The molecule has 0 atom stereocenters. The fourth-order valence-corrected chi connectivity index (χ4v) is 3.62. The van der Waals surface area contributed by atoms with Crippen molar-refractivity contribution in [1.82, 2.24) is 14.3 Å². The lowest BCUT2D eigenvalue weighted by Gasteiger charge is -2.26. The van der Waals surface area contributed by atoms with Crippen molar-refractivity contribution < 1.29 is 14.3 Å². The summed E-state index contributed by atoms with van der Waals surface area (Å²) in [6, 6.07) is 11.5. The van der Waals surface area contributed by atoms with Crippen LogP contribution in [0.3, 0.4) is 0 Å². The van der Waals surface area contributed by atoms with Gasteiger partial charge in [-0.15, -0.1) is 0 Å². The number of ether oxygens (including phenoxy) is 2. The lowest BCUT2D eigenvalue weighted by molar-refractivity contribution is -0.130. The molecule has 32 heavy (non-hydrogen) atoms. The molecule has 0 radical (unpaired) electrons. The maximum Gasteiger partial charge on any atom is 0.269 e. The summed E-state index contributed by atoms with van der Waals surface area (Å²) in [5, 5.41) is 10.3. The Morgan fingerprint density at radius 1 is 1.22 bits per heavy atom. The molecule has 10 heteroatoms. The first-order valence-electron chi connectivity index (χ1n) is 9.61. The van der Waals surface area contributed by atoms with Gasteiger partial charge in [0.1, 0.15) is 28.6 Å². The van der Waals surface area contributed by atoms with Gasteiger partial charge in [0.2, 0.25) is 5.88 Å². The zero-order chi connectivity index (χ0) is 22.7. The van der Waals surface area contributed by atoms with Crippen molar-refractivity contribution in [3.8, 4) is 17.7 Å². The Labute approximate surface area is 192 Å². The lowest BCUT2D eigenvalue weighted by Crippen LogP contribution is -2.41. The van der Waals surface area contributed by atoms with Gasteiger partial charge in [-0.3, -0.25) is 14.0 Å². The summed E-state index contributed by atoms with van der Waals surface area (Å²) in [6.45, 7) is 1.48. The minimum absolute atomic E-state index is 0.0575. The number of carbonyl (C=O) groups is 1. The second-order valence-corrected chi connectivity index (χ2v) is 7.66. The highest BCUT2D eigenvalue weighted by molar-refractivity contribution is 6.35. The van der Waals surface area contributed by atoms with E-state index in [0.717, 1.165) is 0 Å². The van der Waals surface area contributed by atoms with Gasteiger partial charge in [0, 0.05) is 24.3 Å². The fraction of sp³-hybridized carbons (Fsp3) is 0.182. The third kappa shape index (κ3) is 4.46. The predicted molar refractivity (Wildman–Crippen MR) is 119 cm³/mol. The van der Waals surface area contributed by atoms with Crippen molar-refractivity contribution in [2.75, 3.05) is 26.3 Å². The Kier molecular flexibility index (Phi) is 6.42. The normalized spacial score (nSPS) is 14.3. The molecule has 3 aromatic rings. The van der Waals surface area contributed by atoms with Gasteiger partial charge in [-0.1, -0.05) is 29.3 Å². The monoisotopic (exact) mass is 470 g/mol. The zero-order valence-corrected chi connectivity index (χ0v) is 18.1. The smallest absolute Gasteiger partial charge is 0.269 e. The first-order valence-corrected chi connectivity index (χ1v) is 10.4. The van der Waals surface area contributed by atoms with Crippen LogP contribution in [0, 0.1) is 11.3 Å². The van der Waals surface area contributed by atoms with Crippen LogP contribution >= 0.6 is 23.2 Å². The molecule has 1 aliphatic rings. The summed E-state index contributed by atoms with van der Waals surface area (Å²) in [4.78, 5) is 32.0. The molecule has 3 heterocycles. The SMILES string of the molecule is N#CC(=Cc1c(Oc2ccc(Cl)cc2Cl)nc2ccccn2c1=O)C(=O)N1CCOCC1. The molecule has 1 amide bonds. The Balaban J connectivity index is 1.84. The largest absolute Gasteiger partial charge is 0.437 e. The predicted octanol–water partition coefficient (Wildman–Crippen LogP) is 3.56. The van der Waals surface area contributed by atoms with Gasteiger partial charge in [0.25, 0.3) is 11.5 Å². The Morgan fingerprint density at radius 2 is 2.00 bits per heavy atom. The average molecular weight is 471 g/mol. The summed E-state index contributed by atoms with van der Waals surface area (Å²) in [5.74, 6) is -0.368. The van der Waals surface area contributed by atoms with Crippen LogP contribution in [0.5, 0.6) is 11.6 Å². The van der Waals surface area contributed by atoms with Gasteiger partial charge < -0.3 is 14.4 Å². The number of hydrogen-bond acceptors (Lipinski definition) is 6. The van der Waals surface area contributed by atoms with E-state index in [1.807, 2.05) is 6.07 Å². The summed E-state index contributed by atoms with van der Waals surface area (Å²) >= 11 is 12.2. The zero-order valence-electron chi connectivity index (χ0n) is 16.6. The van der Waals surface area contributed by atoms with Crippen molar-refractivity contribution in [3.05, 3.63) is 74.1 Å². The van der Waals surface area contributed by atoms with E-state index in [4.69, 9.17) is 32.7 Å². The standard InChI is InChI=1S/C22H16Cl2N4O4/c23-15-4-5-18(17(24)12-15)32-20-16(22(30)28-6-2-1-3-19(28)26-20)11-14(13-25)21(29)27-7-9-31-10-8-27/h1-6,11-12H,7-10H2. The molecular weight excluding hydrogens is 455 g/mol. The van der Waals surface area contributed by atoms with Crippen LogP contribution in [0.2, 0.25) is 10.0 Å². The van der Waals surface area contributed by atoms with E-state index in [1.54, 1.807) is 24.3 Å². The summed E-state index contributed by atoms with van der Waals surface area (Å²) in [7, 11) is 0. The van der Waals surface area contributed by atoms with Gasteiger partial charge >= 0.3 is 0 Å². The number of hydrogen-bond donors (Lipinski definition) is 0. The molecule has 0 saturated carbocycles. The number of fused-ring (bicyclic) bond motifs is 1. The van der Waals surface area contributed by atoms with Crippen LogP contribution in [0.1, 0.15) is 5.56 Å². The maximum absolute atomic E-state index is 13.2. The van der Waals surface area contributed by atoms with Crippen LogP contribution in [-0.2, 0) is 9.53 Å². The second-order valence-electron chi connectivity index (χ2n) is 6.82. The molecule has 0 spiro atoms. The van der Waals surface area contributed by atoms with Crippen LogP contribution in [-0.4, -0.2) is 46.5 Å². The number of pyridine rings is 1. The Bertz CT molecular complexity index is 1320. The molecule has 1 aliphatic heterocycles. The molecule has 0 bridgehead atoms. The average Bonchev–Trinajstić information content (AvgIpc) is 2.81. The number of nitriles is 1. The van der Waals surface area contributed by atoms with Crippen LogP contribution in [0.15, 0.2) is 53.0 Å². The number of amides is 1. The van der Waals surface area contributed by atoms with Crippen molar-refractivity contribution in [2.24, 2.45) is 0 Å². The van der Waals surface area contributed by atoms with E-state index in [-0.39, 0.29) is 27.8 Å². The van der Waals surface area contributed by atoms with Gasteiger partial charge in [0.15, 0.2) is 0 Å². The number of nitrogens with zero attached hydrogens (tertiary/aromatic N) is 4. The van der Waals surface area contributed by atoms with Crippen LogP contribution in [0.25, 0.3) is 11.7 Å². The fourth-order valence-electron chi connectivity index (χ4n) is 3.17. The minimum atomic E-state index is -0.502. The number of benzene rings is 1. The highest BCUT2D eigenvalue weighted by Crippen LogP contribution is 2.32. The van der Waals surface area contributed by atoms with Gasteiger partial charge in [-0.25, -0.2) is 0 Å². The van der Waals surface area contributed by atoms with E-state index in [9.17, 15) is 14.9 Å². The van der Waals surface area contributed by atoms with Crippen LogP contribution < -0.4 is 10.3 Å². The third-order valence-electron chi connectivity index (χ3n) is 4.77. The molecule has 0 unspecified atom stereocenters. The number of aromatic nitrogens is 2. The lowest BCUT2D eigenvalue weighted by atomic mass is 10.1. The first-order chi connectivity index (χ1) is 15.5. The molecule has 2 aromatic heterocycles. The van der Waals surface area contributed by atoms with E-state index in [0.29, 0.717) is 37.0 Å². The highest BCUT2D eigenvalue weighted by Gasteiger charge is 2.23. The molecule has 1 fully saturated rings. The minimum Gasteiger partial charge on any atom is -0.437 e. The molecular formula is C22H16Cl2N4O4. The quantitative estimate of drug-likeness (QED) is 0.427. The molecule has 8 nitrogen and oxygen atoms in total. The van der Waals surface area contributed by atoms with E-state index >= 15 is 0 Å². The number of halogens is 2. The van der Waals surface area contributed by atoms with Crippen molar-refractivity contribution in [1.29, 1.82) is 5.26 Å². The number of carbonyl (C=O) groups excluding carboxylic acids is 1. The van der Waals surface area contributed by atoms with E-state index in [2.05, 4.69) is 4.98 Å². The first kappa shape index (κ1) is 21.8. The van der Waals surface area contributed by atoms with Gasteiger partial charge in [-0.2, -0.15) is 10.2 Å². The molecule has 1 aromatic carbocycles. The molecule has 0 N–H and O–H groups in total. The van der Waals surface area contributed by atoms with E-state index in [1.165, 1.54) is 33.7 Å². The number of rotatable bonds is 4. The molecule has 4 rings (SSSR count). The number of morpholine rings is 1. The highest BCUT2D eigenvalue weighted by atomic mass is 35.5. The van der Waals surface area contributed by atoms with Crippen molar-refractivity contribution in [2.45, 2.75) is 0 Å². The van der Waals surface area contributed by atoms with Gasteiger partial charge in [-0.05, 0) is 36.4 Å². The van der Waals surface area contributed by atoms with Crippen molar-refractivity contribution in [3.63, 3.8) is 0 Å².